The first kappa shape index (κ1) is 15.9. The highest BCUT2D eigenvalue weighted by Crippen LogP contribution is 2.24. The molecule has 0 aliphatic heterocycles. The van der Waals surface area contributed by atoms with Crippen LogP contribution in [0.1, 0.15) is 0 Å². The van der Waals surface area contributed by atoms with Crippen LogP contribution in [-0.2, 0) is 0 Å². The first-order chi connectivity index (χ1) is 10.1. The zero-order valence-corrected chi connectivity index (χ0v) is 12.5. The zero-order valence-electron chi connectivity index (χ0n) is 11.0. The second-order valence-electron chi connectivity index (χ2n) is 4.40. The summed E-state index contributed by atoms with van der Waals surface area (Å²) in [5.41, 5.74) is 0.425. The summed E-state index contributed by atoms with van der Waals surface area (Å²) >= 11 is 11.9. The Morgan fingerprint density at radius 1 is 1.14 bits per heavy atom. The Bertz CT molecular complexity index is 610. The molecule has 1 unspecified atom stereocenters. The van der Waals surface area contributed by atoms with Crippen molar-refractivity contribution in [2.24, 2.45) is 0 Å². The number of para-hydroxylation sites is 1. The maximum Gasteiger partial charge on any atom is 0.138 e. The van der Waals surface area contributed by atoms with Gasteiger partial charge in [0.1, 0.15) is 24.3 Å². The average molecular weight is 330 g/mol. The van der Waals surface area contributed by atoms with Crippen molar-refractivity contribution in [2.45, 2.75) is 6.10 Å². The van der Waals surface area contributed by atoms with E-state index >= 15 is 0 Å². The van der Waals surface area contributed by atoms with E-state index in [1.165, 1.54) is 18.2 Å². The highest BCUT2D eigenvalue weighted by molar-refractivity contribution is 6.33. The minimum Gasteiger partial charge on any atom is -0.489 e. The molecule has 0 aromatic heterocycles. The minimum atomic E-state index is -0.791. The number of nitrogens with one attached hydrogen (secondary N) is 1. The predicted molar refractivity (Wildman–Crippen MR) is 82.9 cm³/mol. The van der Waals surface area contributed by atoms with E-state index in [-0.39, 0.29) is 13.2 Å². The lowest BCUT2D eigenvalue weighted by atomic mass is 10.3. The first-order valence-corrected chi connectivity index (χ1v) is 7.06. The maximum absolute atomic E-state index is 13.1. The topological polar surface area (TPSA) is 41.5 Å². The molecule has 2 aromatic rings. The number of hydrogen-bond donors (Lipinski definition) is 2. The van der Waals surface area contributed by atoms with Crippen molar-refractivity contribution in [1.29, 1.82) is 0 Å². The van der Waals surface area contributed by atoms with Crippen LogP contribution < -0.4 is 10.1 Å². The summed E-state index contributed by atoms with van der Waals surface area (Å²) in [6.45, 7) is 0.233. The van der Waals surface area contributed by atoms with Crippen LogP contribution in [-0.4, -0.2) is 24.4 Å². The largest absolute Gasteiger partial charge is 0.489 e. The second-order valence-corrected chi connectivity index (χ2v) is 5.21. The number of benzene rings is 2. The molecule has 0 spiro atoms. The van der Waals surface area contributed by atoms with Crippen LogP contribution >= 0.6 is 23.2 Å². The van der Waals surface area contributed by atoms with E-state index in [1.807, 2.05) is 0 Å². The molecule has 21 heavy (non-hydrogen) atoms. The average Bonchev–Trinajstić information content (AvgIpc) is 2.47. The van der Waals surface area contributed by atoms with E-state index < -0.39 is 11.9 Å². The number of hydrogen-bond acceptors (Lipinski definition) is 3. The molecule has 2 N–H and O–H groups in total. The molecular formula is C15H14Cl2FNO2. The molecule has 0 heterocycles. The number of anilines is 1. The summed E-state index contributed by atoms with van der Waals surface area (Å²) in [5.74, 6) is 0.103. The Balaban J connectivity index is 1.84. The van der Waals surface area contributed by atoms with Crippen LogP contribution in [0.5, 0.6) is 5.75 Å². The van der Waals surface area contributed by atoms with Gasteiger partial charge in [0.15, 0.2) is 0 Å². The molecule has 2 aromatic carbocycles. The standard InChI is InChI=1S/C15H14Cl2FNO2/c16-12-6-5-10(18)7-14(12)19-8-11(20)9-21-15-4-2-1-3-13(15)17/h1-7,11,19-20H,8-9H2. The zero-order chi connectivity index (χ0) is 15.2. The van der Waals surface area contributed by atoms with Gasteiger partial charge in [0.2, 0.25) is 0 Å². The van der Waals surface area contributed by atoms with E-state index in [1.54, 1.807) is 24.3 Å². The fourth-order valence-electron chi connectivity index (χ4n) is 1.67. The monoisotopic (exact) mass is 329 g/mol. The molecule has 0 bridgehead atoms. The molecule has 0 saturated carbocycles. The van der Waals surface area contributed by atoms with Crippen LogP contribution in [0.4, 0.5) is 10.1 Å². The SMILES string of the molecule is OC(CNc1cc(F)ccc1Cl)COc1ccccc1Cl. The second kappa shape index (κ2) is 7.50. The number of aliphatic hydroxyl groups is 1. The third-order valence-electron chi connectivity index (χ3n) is 2.72. The van der Waals surface area contributed by atoms with Gasteiger partial charge in [-0.2, -0.15) is 0 Å². The molecule has 0 aliphatic rings. The third-order valence-corrected chi connectivity index (χ3v) is 3.37. The molecule has 0 aliphatic carbocycles. The summed E-state index contributed by atoms with van der Waals surface area (Å²) in [6, 6.07) is 11.0. The number of halogens is 3. The molecule has 1 atom stereocenters. The molecule has 0 amide bonds. The Morgan fingerprint density at radius 2 is 1.90 bits per heavy atom. The van der Waals surface area contributed by atoms with E-state index in [9.17, 15) is 9.50 Å². The van der Waals surface area contributed by atoms with E-state index in [0.29, 0.717) is 21.5 Å². The van der Waals surface area contributed by atoms with Gasteiger partial charge in [-0.15, -0.1) is 0 Å². The van der Waals surface area contributed by atoms with Gasteiger partial charge in [-0.25, -0.2) is 4.39 Å². The lowest BCUT2D eigenvalue weighted by Gasteiger charge is -2.15. The number of rotatable bonds is 6. The van der Waals surface area contributed by atoms with E-state index in [4.69, 9.17) is 27.9 Å². The lowest BCUT2D eigenvalue weighted by Crippen LogP contribution is -2.26. The lowest BCUT2D eigenvalue weighted by molar-refractivity contribution is 0.117. The van der Waals surface area contributed by atoms with Crippen molar-refractivity contribution in [3.8, 4) is 5.75 Å². The van der Waals surface area contributed by atoms with Crippen LogP contribution in [0, 0.1) is 5.82 Å². The summed E-state index contributed by atoms with van der Waals surface area (Å²) in [4.78, 5) is 0. The summed E-state index contributed by atoms with van der Waals surface area (Å²) in [5, 5.41) is 13.6. The Hall–Kier alpha value is -1.49. The Kier molecular flexibility index (Phi) is 5.67. The van der Waals surface area contributed by atoms with Crippen molar-refractivity contribution in [2.75, 3.05) is 18.5 Å². The normalized spacial score (nSPS) is 12.0. The molecule has 112 valence electrons. The van der Waals surface area contributed by atoms with Gasteiger partial charge in [0.25, 0.3) is 0 Å². The van der Waals surface area contributed by atoms with E-state index in [0.717, 1.165) is 0 Å². The summed E-state index contributed by atoms with van der Waals surface area (Å²) in [6.07, 6.45) is -0.791. The van der Waals surface area contributed by atoms with Crippen LogP contribution in [0.25, 0.3) is 0 Å². The molecule has 0 radical (unpaired) electrons. The third kappa shape index (κ3) is 4.77. The van der Waals surface area contributed by atoms with Crippen LogP contribution in [0.15, 0.2) is 42.5 Å². The highest BCUT2D eigenvalue weighted by Gasteiger charge is 2.09. The fraction of sp³-hybridized carbons (Fsp3) is 0.200. The van der Waals surface area contributed by atoms with Gasteiger partial charge in [0.05, 0.1) is 15.7 Å². The van der Waals surface area contributed by atoms with Gasteiger partial charge in [-0.1, -0.05) is 35.3 Å². The fourth-order valence-corrected chi connectivity index (χ4v) is 2.04. The van der Waals surface area contributed by atoms with Gasteiger partial charge < -0.3 is 15.2 Å². The van der Waals surface area contributed by atoms with Crippen molar-refractivity contribution >= 4 is 28.9 Å². The number of aliphatic hydroxyl groups excluding tert-OH is 1. The van der Waals surface area contributed by atoms with E-state index in [2.05, 4.69) is 5.32 Å². The van der Waals surface area contributed by atoms with Crippen LogP contribution in [0.3, 0.4) is 0 Å². The maximum atomic E-state index is 13.1. The molecule has 6 heteroatoms. The predicted octanol–water partition coefficient (Wildman–Crippen LogP) is 3.98. The van der Waals surface area contributed by atoms with Gasteiger partial charge in [-0.3, -0.25) is 0 Å². The first-order valence-electron chi connectivity index (χ1n) is 6.30. The van der Waals surface area contributed by atoms with Crippen molar-refractivity contribution in [3.05, 3.63) is 58.3 Å². The number of ether oxygens (including phenoxy) is 1. The van der Waals surface area contributed by atoms with Crippen LogP contribution in [0.2, 0.25) is 10.0 Å². The van der Waals surface area contributed by atoms with Gasteiger partial charge >= 0.3 is 0 Å². The molecule has 0 saturated heterocycles. The van der Waals surface area contributed by atoms with Gasteiger partial charge in [0, 0.05) is 6.54 Å². The van der Waals surface area contributed by atoms with Crippen molar-refractivity contribution in [3.63, 3.8) is 0 Å². The molecular weight excluding hydrogens is 316 g/mol. The smallest absolute Gasteiger partial charge is 0.138 e. The van der Waals surface area contributed by atoms with Gasteiger partial charge in [-0.05, 0) is 30.3 Å². The van der Waals surface area contributed by atoms with Crippen molar-refractivity contribution < 1.29 is 14.2 Å². The quantitative estimate of drug-likeness (QED) is 0.842. The summed E-state index contributed by atoms with van der Waals surface area (Å²) < 4.78 is 18.5. The molecule has 0 fully saturated rings. The minimum absolute atomic E-state index is 0.0592. The molecule has 3 nitrogen and oxygen atoms in total. The Labute approximate surface area is 132 Å². The molecule has 2 rings (SSSR count). The Morgan fingerprint density at radius 3 is 2.67 bits per heavy atom. The summed E-state index contributed by atoms with van der Waals surface area (Å²) in [7, 11) is 0. The van der Waals surface area contributed by atoms with Crippen molar-refractivity contribution in [1.82, 2.24) is 0 Å². The highest BCUT2D eigenvalue weighted by atomic mass is 35.5.